The van der Waals surface area contributed by atoms with E-state index in [0.717, 1.165) is 41.9 Å². The van der Waals surface area contributed by atoms with Crippen molar-refractivity contribution in [2.24, 2.45) is 0 Å². The molecule has 492 valence electrons. The largest absolute Gasteiger partial charge is 1.00 e. The quantitative estimate of drug-likeness (QED) is 0.0154. The number of aliphatic hydroxyl groups is 3. The van der Waals surface area contributed by atoms with Crippen LogP contribution >= 0.6 is 15.9 Å². The Balaban J connectivity index is 0.000000648. The number of carbonyl (C=O) groups excluding carboxylic acids is 4. The number of benzene rings is 6. The fraction of sp³-hybridized carbons (Fsp3) is 0.258. The number of nitrogens with one attached hydrogen (secondary N) is 1. The van der Waals surface area contributed by atoms with E-state index in [1.165, 1.54) is 97.3 Å². The summed E-state index contributed by atoms with van der Waals surface area (Å²) in [4.78, 5) is 56.6. The topological polar surface area (TPSA) is 239 Å². The molecule has 0 spiro atoms. The minimum absolute atomic E-state index is 0. The van der Waals surface area contributed by atoms with Gasteiger partial charge in [0.1, 0.15) is 34.3 Å². The molecule has 0 fully saturated rings. The summed E-state index contributed by atoms with van der Waals surface area (Å²) in [6.07, 6.45) is -11.3. The smallest absolute Gasteiger partial charge is 1.00 e. The normalized spacial score (nSPS) is 12.8. The van der Waals surface area contributed by atoms with Gasteiger partial charge in [0, 0.05) is 30.8 Å². The predicted molar refractivity (Wildman–Crippen MR) is 315 cm³/mol. The van der Waals surface area contributed by atoms with Gasteiger partial charge < -0.3 is 26.9 Å². The average molecular weight is 1450 g/mol. The molecule has 0 aliphatic carbocycles. The van der Waals surface area contributed by atoms with E-state index in [-0.39, 0.29) is 176 Å². The number of aromatic amines is 1. The van der Waals surface area contributed by atoms with Crippen molar-refractivity contribution < 1.29 is 202 Å². The molecular formula is C62H52BrF12K2N9O9. The number of H-pyrrole nitrogens is 1. The van der Waals surface area contributed by atoms with Crippen LogP contribution in [-0.4, -0.2) is 91.0 Å². The minimum atomic E-state index is -4.74. The summed E-state index contributed by atoms with van der Waals surface area (Å²) in [5, 5.41) is 54.7. The van der Waals surface area contributed by atoms with Crippen LogP contribution in [-0.2, 0) is 74.9 Å². The van der Waals surface area contributed by atoms with Crippen LogP contribution in [0.1, 0.15) is 63.0 Å². The maximum atomic E-state index is 13.8. The van der Waals surface area contributed by atoms with Crippen LogP contribution in [0.4, 0.5) is 69.7 Å². The number of rotatable bonds is 15. The molecule has 3 heterocycles. The van der Waals surface area contributed by atoms with Crippen molar-refractivity contribution in [3.8, 4) is 0 Å². The molecule has 0 unspecified atom stereocenters. The zero-order valence-corrected chi connectivity index (χ0v) is 57.6. The van der Waals surface area contributed by atoms with Gasteiger partial charge in [-0.25, -0.2) is 27.7 Å². The van der Waals surface area contributed by atoms with E-state index in [1.807, 2.05) is 0 Å². The molecule has 0 saturated heterocycles. The molecule has 0 bridgehead atoms. The van der Waals surface area contributed by atoms with Gasteiger partial charge in [-0.3, -0.25) is 33.6 Å². The zero-order chi connectivity index (χ0) is 68.7. The van der Waals surface area contributed by atoms with E-state index in [0.29, 0.717) is 16.4 Å². The Hall–Kier alpha value is -6.57. The molecule has 95 heavy (non-hydrogen) atoms. The number of hydrogen-bond acceptors (Lipinski definition) is 12. The number of nitrogens with zero attached hydrogens (tertiary/aromatic N) is 8. The van der Waals surface area contributed by atoms with Crippen molar-refractivity contribution in [3.05, 3.63) is 213 Å². The van der Waals surface area contributed by atoms with Gasteiger partial charge in [-0.2, -0.15) is 54.8 Å². The molecular weight excluding hydrogens is 1400 g/mol. The van der Waals surface area contributed by atoms with Gasteiger partial charge in [-0.1, -0.05) is 96.2 Å². The molecule has 0 amide bonds. The molecule has 33 heteroatoms. The summed E-state index contributed by atoms with van der Waals surface area (Å²) >= 11 is 2.96. The fourth-order valence-electron chi connectivity index (χ4n) is 8.30. The molecule has 18 nitrogen and oxygen atoms in total. The number of Topliss-reactive ketones (excluding diaryl/α,β-unsaturated/α-hetero) is 3. The summed E-state index contributed by atoms with van der Waals surface area (Å²) < 4.78 is 160. The van der Waals surface area contributed by atoms with Crippen LogP contribution in [0.3, 0.4) is 0 Å². The van der Waals surface area contributed by atoms with Gasteiger partial charge in [0.15, 0.2) is 34.4 Å². The number of halogens is 13. The summed E-state index contributed by atoms with van der Waals surface area (Å²) in [5.74, 6) is -3.30. The maximum Gasteiger partial charge on any atom is 1.00 e. The second-order valence-electron chi connectivity index (χ2n) is 20.4. The third-order valence-electron chi connectivity index (χ3n) is 13.2. The number of fused-ring (bicyclic) bond motifs is 3. The average Bonchev–Trinajstić information content (AvgIpc) is 1.50. The van der Waals surface area contributed by atoms with Gasteiger partial charge >= 0.3 is 121 Å². The molecule has 9 rings (SSSR count). The van der Waals surface area contributed by atoms with Crippen LogP contribution in [0.2, 0.25) is 0 Å². The SMILES string of the molecule is C.Fc1cccc2[nH]ncc12.O=CO[O-].[C-]#[N+]c1ccc(CC(=O)[C@@](C)(O)CBr)cc1C(F)(F)F.[C-]#[N+]c1ccc(CC(=O)[C@@](C)(O)Cn2cc3c(F)cccc3n2)cc1C(F)(F)F.[C-]#[N+]c1ccc(CC(=O)[C@@](C)(O)Cn2ncc3c(F)cccc32)cc1C(F)(F)F.[H-].[K+].[K+]. The van der Waals surface area contributed by atoms with E-state index in [9.17, 15) is 82.4 Å². The number of hydrogen-bond donors (Lipinski definition) is 4. The van der Waals surface area contributed by atoms with Crippen molar-refractivity contribution in [1.82, 2.24) is 29.8 Å². The molecule has 3 aromatic heterocycles. The van der Waals surface area contributed by atoms with Crippen molar-refractivity contribution in [2.45, 2.75) is 95.9 Å². The number of ketones is 3. The number of alkyl halides is 10. The maximum absolute atomic E-state index is 13.8. The zero-order valence-electron chi connectivity index (χ0n) is 50.7. The molecule has 0 aliphatic heterocycles. The third-order valence-corrected chi connectivity index (χ3v) is 14.3. The van der Waals surface area contributed by atoms with Crippen molar-refractivity contribution >= 4 is 89.5 Å². The van der Waals surface area contributed by atoms with E-state index < -0.39 is 111 Å². The van der Waals surface area contributed by atoms with Gasteiger partial charge in [0.2, 0.25) is 0 Å². The second-order valence-corrected chi connectivity index (χ2v) is 20.9. The second kappa shape index (κ2) is 36.1. The third kappa shape index (κ3) is 23.3. The van der Waals surface area contributed by atoms with E-state index >= 15 is 0 Å². The standard InChI is InChI=1S/2C20H15F4N3O2.C13H11BrF3NO2.C7H5FN2.CH2O3.CH4.2K.H/c1-19(29,11-27-17-5-3-4-15(21)13(17)10-26-27)18(28)9-12-6-7-16(25-2)14(8-12)20(22,23)24;1-19(29,11-27-10-13-15(21)4-3-5-16(13)26-27)18(28)9-12-6-7-17(25-2)14(8-12)20(22,23)24;1-12(20,7-14)11(19)6-8-3-4-10(18-2)9(5-8)13(15,16)17;8-6-2-1-3-7-5(6)4-9-10-7;2-1-4-3;;;;/h2*3-8,10,29H,9,11H2,1H3;3-5,20H,6-7H2,1H3;1-4H,(H,9,10);1,3H;1H4;;;/q;;;;;;2*+1;-1/p-1/t2*19-;12-;;;;;;/m000....../s1. The first-order chi connectivity index (χ1) is 42.9. The van der Waals surface area contributed by atoms with E-state index in [4.69, 9.17) is 29.8 Å². The summed E-state index contributed by atoms with van der Waals surface area (Å²) in [7, 11) is 0. The van der Waals surface area contributed by atoms with Crippen molar-refractivity contribution in [3.63, 3.8) is 0 Å². The first-order valence-electron chi connectivity index (χ1n) is 26.0. The summed E-state index contributed by atoms with van der Waals surface area (Å²) in [5.41, 5.74) is -8.93. The Labute approximate surface area is 628 Å². The Morgan fingerprint density at radius 1 is 0.611 bits per heavy atom. The Morgan fingerprint density at radius 3 is 1.39 bits per heavy atom. The predicted octanol–water partition coefficient (Wildman–Crippen LogP) is 7.02. The van der Waals surface area contributed by atoms with Gasteiger partial charge in [-0.05, 0) is 73.9 Å². The number of carbonyl (C=O) groups is 4. The van der Waals surface area contributed by atoms with Crippen LogP contribution in [0.25, 0.3) is 47.2 Å². The van der Waals surface area contributed by atoms with Gasteiger partial charge in [0.05, 0.1) is 94.6 Å². The molecule has 4 N–H and O–H groups in total. The molecule has 0 aliphatic rings. The molecule has 3 atom stereocenters. The summed E-state index contributed by atoms with van der Waals surface area (Å²) in [6.45, 7) is 23.3. The first kappa shape index (κ1) is 84.5. The van der Waals surface area contributed by atoms with E-state index in [1.54, 1.807) is 24.3 Å². The van der Waals surface area contributed by atoms with E-state index in [2.05, 4.69) is 55.7 Å². The molecule has 0 saturated carbocycles. The van der Waals surface area contributed by atoms with Crippen LogP contribution in [0.5, 0.6) is 0 Å². The monoisotopic (exact) mass is 1450 g/mol. The molecule has 9 aromatic rings. The first-order valence-corrected chi connectivity index (χ1v) is 27.1. The molecule has 0 radical (unpaired) electrons. The minimum Gasteiger partial charge on any atom is -1.00 e. The van der Waals surface area contributed by atoms with Crippen LogP contribution in [0, 0.1) is 37.2 Å². The van der Waals surface area contributed by atoms with Crippen molar-refractivity contribution in [1.29, 1.82) is 0 Å². The van der Waals surface area contributed by atoms with Crippen molar-refractivity contribution in [2.75, 3.05) is 5.33 Å². The Bertz CT molecular complexity index is 4280. The number of aromatic nitrogens is 6. The van der Waals surface area contributed by atoms with Gasteiger partial charge in [0.25, 0.3) is 6.47 Å². The summed E-state index contributed by atoms with van der Waals surface area (Å²) in [6, 6.07) is 22.5. The fourth-order valence-corrected chi connectivity index (χ4v) is 8.62. The Morgan fingerprint density at radius 2 is 1.00 bits per heavy atom. The Kier molecular flexibility index (Phi) is 32.2. The van der Waals surface area contributed by atoms with Gasteiger partial charge in [-0.15, -0.1) is 0 Å². The molecule has 6 aromatic carbocycles. The van der Waals surface area contributed by atoms with Crippen LogP contribution in [0.15, 0.2) is 128 Å². The van der Waals surface area contributed by atoms with Crippen LogP contribution < -0.4 is 108 Å².